The number of nitrogens with one attached hydrogen (secondary N) is 1. The van der Waals surface area contributed by atoms with Crippen LogP contribution >= 0.6 is 15.9 Å². The van der Waals surface area contributed by atoms with Crippen LogP contribution in [0.15, 0.2) is 27.7 Å². The first kappa shape index (κ1) is 10.0. The zero-order valence-electron chi connectivity index (χ0n) is 8.66. The van der Waals surface area contributed by atoms with Gasteiger partial charge in [-0.15, -0.1) is 0 Å². The minimum Gasteiger partial charge on any atom is -0.315 e. The molecule has 16 heavy (non-hydrogen) atoms. The fraction of sp³-hybridized carbons (Fsp3) is 0.333. The van der Waals surface area contributed by atoms with E-state index in [0.29, 0.717) is 6.42 Å². The van der Waals surface area contributed by atoms with Crippen molar-refractivity contribution in [2.75, 3.05) is 0 Å². The second-order valence-corrected chi connectivity index (χ2v) is 5.17. The average molecular weight is 279 g/mol. The quantitative estimate of drug-likeness (QED) is 0.773. The highest BCUT2D eigenvalue weighted by atomic mass is 79.9. The van der Waals surface area contributed by atoms with Crippen molar-refractivity contribution >= 4 is 28.2 Å². The third-order valence-corrected chi connectivity index (χ3v) is 4.16. The van der Waals surface area contributed by atoms with Gasteiger partial charge in [0.2, 0.25) is 0 Å². The summed E-state index contributed by atoms with van der Waals surface area (Å²) in [4.78, 5) is 16.1. The Hall–Kier alpha value is -1.16. The molecule has 2 aliphatic rings. The van der Waals surface area contributed by atoms with Crippen molar-refractivity contribution in [1.82, 2.24) is 5.32 Å². The van der Waals surface area contributed by atoms with Crippen LogP contribution in [0.3, 0.4) is 0 Å². The van der Waals surface area contributed by atoms with Crippen LogP contribution in [0.25, 0.3) is 0 Å². The van der Waals surface area contributed by atoms with Crippen molar-refractivity contribution in [3.63, 3.8) is 0 Å². The van der Waals surface area contributed by atoms with E-state index >= 15 is 0 Å². The van der Waals surface area contributed by atoms with E-state index in [2.05, 4.69) is 38.4 Å². The minimum absolute atomic E-state index is 0.0399. The van der Waals surface area contributed by atoms with Gasteiger partial charge in [0.15, 0.2) is 0 Å². The molecular formula is C12H11BrN2O. The van der Waals surface area contributed by atoms with Gasteiger partial charge in [0.1, 0.15) is 5.54 Å². The van der Waals surface area contributed by atoms with E-state index in [9.17, 15) is 4.79 Å². The molecule has 0 aromatic heterocycles. The highest BCUT2D eigenvalue weighted by Crippen LogP contribution is 2.36. The molecule has 1 aromatic rings. The monoisotopic (exact) mass is 278 g/mol. The van der Waals surface area contributed by atoms with Crippen LogP contribution in [-0.2, 0) is 17.6 Å². The zero-order valence-corrected chi connectivity index (χ0v) is 10.3. The smallest absolute Gasteiger partial charge is 0.253 e. The maximum Gasteiger partial charge on any atom is 0.253 e. The highest BCUT2D eigenvalue weighted by molar-refractivity contribution is 9.10. The molecule has 1 N–H and O–H groups in total. The number of amides is 1. The molecule has 1 heterocycles. The first-order valence-electron chi connectivity index (χ1n) is 5.32. The maximum absolute atomic E-state index is 11.8. The summed E-state index contributed by atoms with van der Waals surface area (Å²) >= 11 is 3.56. The Morgan fingerprint density at radius 3 is 3.06 bits per heavy atom. The summed E-state index contributed by atoms with van der Waals surface area (Å²) in [6.45, 7) is 0. The van der Waals surface area contributed by atoms with Gasteiger partial charge in [0.25, 0.3) is 5.91 Å². The fourth-order valence-corrected chi connectivity index (χ4v) is 3.10. The molecule has 3 nitrogen and oxygen atoms in total. The van der Waals surface area contributed by atoms with Gasteiger partial charge < -0.3 is 5.32 Å². The second-order valence-electron chi connectivity index (χ2n) is 4.32. The Morgan fingerprint density at radius 2 is 2.31 bits per heavy atom. The van der Waals surface area contributed by atoms with E-state index in [-0.39, 0.29) is 5.91 Å². The average Bonchev–Trinajstić information content (AvgIpc) is 2.60. The summed E-state index contributed by atoms with van der Waals surface area (Å²) in [5, 5.41) is 2.68. The van der Waals surface area contributed by atoms with Gasteiger partial charge in [0.05, 0.1) is 6.34 Å². The number of carbonyl (C=O) groups is 1. The number of benzene rings is 1. The number of nitrogens with zero attached hydrogens (tertiary/aromatic N) is 1. The van der Waals surface area contributed by atoms with Crippen LogP contribution in [0.5, 0.6) is 0 Å². The number of carbonyl (C=O) groups excluding carboxylic acids is 1. The largest absolute Gasteiger partial charge is 0.315 e. The van der Waals surface area contributed by atoms with Gasteiger partial charge in [-0.25, -0.2) is 0 Å². The normalized spacial score (nSPS) is 26.9. The lowest BCUT2D eigenvalue weighted by atomic mass is 9.78. The molecule has 1 spiro atoms. The van der Waals surface area contributed by atoms with E-state index < -0.39 is 5.54 Å². The predicted molar refractivity (Wildman–Crippen MR) is 65.5 cm³/mol. The van der Waals surface area contributed by atoms with Crippen LogP contribution in [-0.4, -0.2) is 17.8 Å². The first-order valence-corrected chi connectivity index (χ1v) is 6.11. The van der Waals surface area contributed by atoms with Crippen molar-refractivity contribution in [2.45, 2.75) is 24.8 Å². The van der Waals surface area contributed by atoms with Crippen LogP contribution < -0.4 is 5.32 Å². The number of aliphatic imine (C=N–C) groups is 1. The van der Waals surface area contributed by atoms with Crippen molar-refractivity contribution in [3.05, 3.63) is 33.8 Å². The molecule has 1 amide bonds. The predicted octanol–water partition coefficient (Wildman–Crippen LogP) is 1.83. The molecule has 0 fully saturated rings. The van der Waals surface area contributed by atoms with E-state index in [1.165, 1.54) is 17.5 Å². The number of halogens is 1. The van der Waals surface area contributed by atoms with Crippen molar-refractivity contribution in [3.8, 4) is 0 Å². The summed E-state index contributed by atoms with van der Waals surface area (Å²) in [7, 11) is 0. The third kappa shape index (κ3) is 1.33. The van der Waals surface area contributed by atoms with Gasteiger partial charge in [-0.3, -0.25) is 9.79 Å². The summed E-state index contributed by atoms with van der Waals surface area (Å²) in [6, 6.07) is 6.15. The number of hydrogen-bond acceptors (Lipinski definition) is 2. The van der Waals surface area contributed by atoms with Crippen molar-refractivity contribution in [2.24, 2.45) is 4.99 Å². The second kappa shape index (κ2) is 3.42. The topological polar surface area (TPSA) is 41.5 Å². The van der Waals surface area contributed by atoms with Gasteiger partial charge in [0, 0.05) is 10.9 Å². The first-order chi connectivity index (χ1) is 7.71. The van der Waals surface area contributed by atoms with Crippen LogP contribution in [0.1, 0.15) is 17.5 Å². The number of hydrogen-bond donors (Lipinski definition) is 1. The Balaban J connectivity index is 2.04. The van der Waals surface area contributed by atoms with E-state index in [1.807, 2.05) is 6.07 Å². The highest BCUT2D eigenvalue weighted by Gasteiger charge is 2.43. The van der Waals surface area contributed by atoms with Crippen LogP contribution in [0, 0.1) is 0 Å². The SMILES string of the molecule is O=C1NC=NC12CCc1c(Br)cccc1C2. The summed E-state index contributed by atoms with van der Waals surface area (Å²) in [5.41, 5.74) is 2.02. The van der Waals surface area contributed by atoms with Gasteiger partial charge in [-0.2, -0.15) is 0 Å². The lowest BCUT2D eigenvalue weighted by molar-refractivity contribution is -0.124. The van der Waals surface area contributed by atoms with Crippen molar-refractivity contribution < 1.29 is 4.79 Å². The lowest BCUT2D eigenvalue weighted by Crippen LogP contribution is -2.43. The van der Waals surface area contributed by atoms with Gasteiger partial charge in [-0.1, -0.05) is 28.1 Å². The molecular weight excluding hydrogens is 268 g/mol. The Kier molecular flexibility index (Phi) is 2.14. The Labute approximate surface area is 102 Å². The van der Waals surface area contributed by atoms with Crippen molar-refractivity contribution in [1.29, 1.82) is 0 Å². The van der Waals surface area contributed by atoms with E-state index in [1.54, 1.807) is 0 Å². The third-order valence-electron chi connectivity index (χ3n) is 3.42. The molecule has 82 valence electrons. The molecule has 1 atom stereocenters. The fourth-order valence-electron chi connectivity index (χ4n) is 2.50. The minimum atomic E-state index is -0.534. The summed E-state index contributed by atoms with van der Waals surface area (Å²) < 4.78 is 1.14. The molecule has 3 rings (SSSR count). The van der Waals surface area contributed by atoms with Gasteiger partial charge in [-0.05, 0) is 30.0 Å². The van der Waals surface area contributed by atoms with E-state index in [4.69, 9.17) is 0 Å². The Morgan fingerprint density at radius 1 is 1.44 bits per heavy atom. The molecule has 0 saturated carbocycles. The number of fused-ring (bicyclic) bond motifs is 1. The molecule has 1 aliphatic heterocycles. The van der Waals surface area contributed by atoms with Gasteiger partial charge >= 0.3 is 0 Å². The number of rotatable bonds is 0. The Bertz CT molecular complexity index is 498. The van der Waals surface area contributed by atoms with Crippen LogP contribution in [0.4, 0.5) is 0 Å². The van der Waals surface area contributed by atoms with Crippen LogP contribution in [0.2, 0.25) is 0 Å². The molecule has 1 unspecified atom stereocenters. The molecule has 0 bridgehead atoms. The molecule has 0 saturated heterocycles. The molecule has 0 radical (unpaired) electrons. The maximum atomic E-state index is 11.8. The lowest BCUT2D eigenvalue weighted by Gasteiger charge is -2.30. The molecule has 1 aliphatic carbocycles. The van der Waals surface area contributed by atoms with E-state index in [0.717, 1.165) is 17.3 Å². The summed E-state index contributed by atoms with van der Waals surface area (Å²) in [6.07, 6.45) is 3.95. The summed E-state index contributed by atoms with van der Waals surface area (Å²) in [5.74, 6) is 0.0399. The standard InChI is InChI=1S/C12H11BrN2O/c13-10-3-1-2-8-6-12(5-4-9(8)10)11(16)14-7-15-12/h1-3,7H,4-6H2,(H,14,15,16). The zero-order chi connectivity index (χ0) is 11.2. The molecule has 4 heteroatoms. The molecule has 1 aromatic carbocycles.